The van der Waals surface area contributed by atoms with Crippen molar-refractivity contribution in [2.75, 3.05) is 72.2 Å². The van der Waals surface area contributed by atoms with Crippen LogP contribution in [0.3, 0.4) is 0 Å². The van der Waals surface area contributed by atoms with Crippen LogP contribution in [0.5, 0.6) is 0 Å². The first-order valence-electron chi connectivity index (χ1n) is 16.8. The molecule has 44 heavy (non-hydrogen) atoms. The van der Waals surface area contributed by atoms with Gasteiger partial charge in [0.25, 0.3) is 0 Å². The Hall–Kier alpha value is -2.02. The van der Waals surface area contributed by atoms with Crippen LogP contribution in [0.15, 0.2) is 48.9 Å². The topological polar surface area (TPSA) is 92.3 Å². The van der Waals surface area contributed by atoms with Gasteiger partial charge in [-0.25, -0.2) is 0 Å². The number of hydrogen-bond donors (Lipinski definition) is 0. The molecule has 6 rings (SSSR count). The minimum atomic E-state index is -1.80. The summed E-state index contributed by atoms with van der Waals surface area (Å²) in [6.07, 6.45) is 11.1. The van der Waals surface area contributed by atoms with E-state index in [2.05, 4.69) is 42.9 Å². The van der Waals surface area contributed by atoms with Crippen LogP contribution in [-0.2, 0) is 37.1 Å². The lowest BCUT2D eigenvalue weighted by atomic mass is 9.92. The van der Waals surface area contributed by atoms with Gasteiger partial charge in [-0.05, 0) is 119 Å². The van der Waals surface area contributed by atoms with Gasteiger partial charge in [-0.15, -0.1) is 0 Å². The van der Waals surface area contributed by atoms with Gasteiger partial charge in [0, 0.05) is 44.1 Å². The minimum Gasteiger partial charge on any atom is -0.349 e. The third-order valence-corrected chi connectivity index (χ3v) is 9.91. The van der Waals surface area contributed by atoms with Crippen LogP contribution in [0.2, 0.25) is 0 Å². The summed E-state index contributed by atoms with van der Waals surface area (Å²) in [7, 11) is 0. The second-order valence-corrected chi connectivity index (χ2v) is 13.1. The SMILES string of the molecule is [O]C(OCC1CCN(Cc2ccncc2)CC1)(OCC1CCN(CC2OCCO2)CC1)C1CCN(Cc2ccccn2)CC1. The third kappa shape index (κ3) is 9.26. The molecule has 0 aliphatic carbocycles. The van der Waals surface area contributed by atoms with E-state index in [1.165, 1.54) is 5.56 Å². The maximum Gasteiger partial charge on any atom is 0.315 e. The molecule has 6 heterocycles. The second kappa shape index (κ2) is 16.0. The van der Waals surface area contributed by atoms with Crippen molar-refractivity contribution in [2.24, 2.45) is 17.8 Å². The molecular formula is C34H50N5O5. The molecule has 4 saturated heterocycles. The molecule has 2 aromatic heterocycles. The van der Waals surface area contributed by atoms with Crippen LogP contribution in [-0.4, -0.2) is 109 Å². The Morgan fingerprint density at radius 1 is 0.727 bits per heavy atom. The Labute approximate surface area is 262 Å². The number of nitrogens with zero attached hydrogens (tertiary/aromatic N) is 5. The summed E-state index contributed by atoms with van der Waals surface area (Å²) < 4.78 is 23.9. The fourth-order valence-corrected chi connectivity index (χ4v) is 7.03. The smallest absolute Gasteiger partial charge is 0.315 e. The number of likely N-dealkylation sites (tertiary alicyclic amines) is 3. The van der Waals surface area contributed by atoms with Crippen LogP contribution < -0.4 is 0 Å². The van der Waals surface area contributed by atoms with Gasteiger partial charge in [0.1, 0.15) is 0 Å². The second-order valence-electron chi connectivity index (χ2n) is 13.1. The number of rotatable bonds is 13. The Balaban J connectivity index is 0.996. The average Bonchev–Trinajstić information content (AvgIpc) is 3.59. The molecule has 0 spiro atoms. The molecule has 0 N–H and O–H groups in total. The highest BCUT2D eigenvalue weighted by molar-refractivity contribution is 5.09. The van der Waals surface area contributed by atoms with Gasteiger partial charge in [0.2, 0.25) is 0 Å². The van der Waals surface area contributed by atoms with E-state index in [1.807, 2.05) is 30.7 Å². The van der Waals surface area contributed by atoms with Crippen LogP contribution in [0.4, 0.5) is 0 Å². The zero-order valence-corrected chi connectivity index (χ0v) is 26.1. The highest BCUT2D eigenvalue weighted by Gasteiger charge is 2.44. The van der Waals surface area contributed by atoms with Crippen molar-refractivity contribution >= 4 is 0 Å². The summed E-state index contributed by atoms with van der Waals surface area (Å²) in [4.78, 5) is 15.9. The van der Waals surface area contributed by atoms with Gasteiger partial charge in [0.05, 0.1) is 32.1 Å². The van der Waals surface area contributed by atoms with E-state index in [9.17, 15) is 5.11 Å². The van der Waals surface area contributed by atoms with Crippen molar-refractivity contribution in [2.45, 2.75) is 63.9 Å². The Bertz CT molecular complexity index is 1090. The molecule has 0 saturated carbocycles. The molecular weight excluding hydrogens is 558 g/mol. The van der Waals surface area contributed by atoms with E-state index >= 15 is 0 Å². The molecule has 0 bridgehead atoms. The lowest BCUT2D eigenvalue weighted by Gasteiger charge is -2.41. The fourth-order valence-electron chi connectivity index (χ4n) is 7.03. The molecule has 1 radical (unpaired) electrons. The lowest BCUT2D eigenvalue weighted by Crippen LogP contribution is -2.50. The highest BCUT2D eigenvalue weighted by atomic mass is 16.8. The van der Waals surface area contributed by atoms with Crippen LogP contribution in [0, 0.1) is 17.8 Å². The van der Waals surface area contributed by atoms with Crippen molar-refractivity contribution in [3.05, 3.63) is 60.2 Å². The summed E-state index contributed by atoms with van der Waals surface area (Å²) in [6, 6.07) is 10.2. The first-order valence-corrected chi connectivity index (χ1v) is 16.8. The summed E-state index contributed by atoms with van der Waals surface area (Å²) in [5, 5.41) is 14.5. The molecule has 4 aliphatic heterocycles. The Morgan fingerprint density at radius 2 is 1.32 bits per heavy atom. The fraction of sp³-hybridized carbons (Fsp3) is 0.706. The summed E-state index contributed by atoms with van der Waals surface area (Å²) >= 11 is 0. The molecule has 4 fully saturated rings. The molecule has 2 aromatic rings. The van der Waals surface area contributed by atoms with Crippen molar-refractivity contribution < 1.29 is 24.1 Å². The van der Waals surface area contributed by atoms with Crippen LogP contribution in [0.1, 0.15) is 49.8 Å². The maximum absolute atomic E-state index is 14.5. The first kappa shape index (κ1) is 31.9. The number of aromatic nitrogens is 2. The standard InChI is InChI=1S/C34H50N5O5/c40-34(31-10-19-38(20-11-31)24-32-3-1-2-12-36-32,44-27-30-8-17-39(18-9-30)25-33-41-21-22-42-33)43-26-29-6-15-37(16-7-29)23-28-4-13-35-14-5-28/h1-5,12-14,29-31,33H,6-11,15-27H2. The molecule has 4 aliphatic rings. The quantitative estimate of drug-likeness (QED) is 0.315. The van der Waals surface area contributed by atoms with Crippen LogP contribution in [0.25, 0.3) is 0 Å². The van der Waals surface area contributed by atoms with E-state index in [4.69, 9.17) is 18.9 Å². The largest absolute Gasteiger partial charge is 0.349 e. The van der Waals surface area contributed by atoms with Crippen molar-refractivity contribution in [3.63, 3.8) is 0 Å². The van der Waals surface area contributed by atoms with E-state index in [0.717, 1.165) is 103 Å². The average molecular weight is 609 g/mol. The predicted octanol–water partition coefficient (Wildman–Crippen LogP) is 3.80. The highest BCUT2D eigenvalue weighted by Crippen LogP contribution is 2.34. The zero-order chi connectivity index (χ0) is 30.0. The van der Waals surface area contributed by atoms with Gasteiger partial charge >= 0.3 is 5.97 Å². The minimum absolute atomic E-state index is 0.100. The number of hydrogen-bond acceptors (Lipinski definition) is 9. The van der Waals surface area contributed by atoms with Crippen LogP contribution >= 0.6 is 0 Å². The van der Waals surface area contributed by atoms with E-state index in [1.54, 1.807) is 0 Å². The van der Waals surface area contributed by atoms with Gasteiger partial charge in [-0.2, -0.15) is 5.11 Å². The monoisotopic (exact) mass is 608 g/mol. The van der Waals surface area contributed by atoms with Gasteiger partial charge in [-0.3, -0.25) is 24.7 Å². The van der Waals surface area contributed by atoms with Crippen molar-refractivity contribution in [1.29, 1.82) is 0 Å². The molecule has 10 nitrogen and oxygen atoms in total. The maximum atomic E-state index is 14.5. The van der Waals surface area contributed by atoms with Crippen molar-refractivity contribution in [1.82, 2.24) is 24.7 Å². The summed E-state index contributed by atoms with van der Waals surface area (Å²) in [6.45, 7) is 10.6. The first-order chi connectivity index (χ1) is 21.6. The van der Waals surface area contributed by atoms with Gasteiger partial charge in [-0.1, -0.05) is 6.07 Å². The van der Waals surface area contributed by atoms with Gasteiger partial charge in [0.15, 0.2) is 6.29 Å². The predicted molar refractivity (Wildman–Crippen MR) is 165 cm³/mol. The normalized spacial score (nSPS) is 24.1. The number of ether oxygens (including phenoxy) is 4. The zero-order valence-electron chi connectivity index (χ0n) is 26.1. The van der Waals surface area contributed by atoms with Gasteiger partial charge < -0.3 is 18.9 Å². The van der Waals surface area contributed by atoms with E-state index < -0.39 is 5.97 Å². The van der Waals surface area contributed by atoms with E-state index in [-0.39, 0.29) is 12.2 Å². The summed E-state index contributed by atoms with van der Waals surface area (Å²) in [5.41, 5.74) is 2.36. The third-order valence-electron chi connectivity index (χ3n) is 9.91. The number of piperidine rings is 3. The molecule has 241 valence electrons. The summed E-state index contributed by atoms with van der Waals surface area (Å²) in [5.74, 6) is -1.21. The number of pyridine rings is 2. The Kier molecular flexibility index (Phi) is 11.6. The lowest BCUT2D eigenvalue weighted by molar-refractivity contribution is -0.421. The molecule has 1 unspecified atom stereocenters. The molecule has 1 atom stereocenters. The molecule has 0 amide bonds. The Morgan fingerprint density at radius 3 is 1.93 bits per heavy atom. The van der Waals surface area contributed by atoms with E-state index in [0.29, 0.717) is 38.3 Å². The molecule has 10 heteroatoms. The van der Waals surface area contributed by atoms with Crippen molar-refractivity contribution in [3.8, 4) is 0 Å². The molecule has 0 aromatic carbocycles.